The van der Waals surface area contributed by atoms with Crippen LogP contribution in [-0.2, 0) is 16.5 Å². The molecule has 0 fully saturated rings. The Bertz CT molecular complexity index is 488. The molecule has 0 aliphatic carbocycles. The molecule has 0 amide bonds. The number of benzene rings is 1. The standard InChI is InChI=1S/C9H10O3S.C6H15N/c1-2-5-8-6-3-4-7-9(8)13(10,11)12;1-4-7(5-2)6-3/h2-4,6-7H,1,5H2,(H,10,11,12);4-6H2,1-3H3. The fraction of sp³-hybridized carbons (Fsp3) is 0.467. The topological polar surface area (TPSA) is 57.6 Å². The quantitative estimate of drug-likeness (QED) is 0.648. The van der Waals surface area contributed by atoms with Crippen molar-refractivity contribution in [1.29, 1.82) is 0 Å². The van der Waals surface area contributed by atoms with E-state index in [0.29, 0.717) is 12.0 Å². The van der Waals surface area contributed by atoms with Gasteiger partial charge in [-0.25, -0.2) is 0 Å². The molecule has 1 rings (SSSR count). The van der Waals surface area contributed by atoms with Crippen molar-refractivity contribution < 1.29 is 13.0 Å². The summed E-state index contributed by atoms with van der Waals surface area (Å²) in [5, 5.41) is 0. The van der Waals surface area contributed by atoms with Gasteiger partial charge in [0.05, 0.1) is 4.90 Å². The minimum atomic E-state index is -4.10. The molecule has 1 N–H and O–H groups in total. The van der Waals surface area contributed by atoms with Crippen molar-refractivity contribution in [3.05, 3.63) is 42.5 Å². The largest absolute Gasteiger partial charge is 0.304 e. The fourth-order valence-electron chi connectivity index (χ4n) is 1.75. The van der Waals surface area contributed by atoms with Gasteiger partial charge in [-0.05, 0) is 37.7 Å². The van der Waals surface area contributed by atoms with E-state index in [9.17, 15) is 8.42 Å². The minimum Gasteiger partial charge on any atom is -0.304 e. The van der Waals surface area contributed by atoms with E-state index in [0.717, 1.165) is 0 Å². The molecule has 0 aromatic heterocycles. The molecule has 0 radical (unpaired) electrons. The molecule has 0 bridgehead atoms. The maximum Gasteiger partial charge on any atom is 0.294 e. The molecule has 0 spiro atoms. The van der Waals surface area contributed by atoms with Gasteiger partial charge in [-0.15, -0.1) is 6.58 Å². The Labute approximate surface area is 122 Å². The van der Waals surface area contributed by atoms with E-state index in [1.54, 1.807) is 24.3 Å². The maximum atomic E-state index is 10.8. The summed E-state index contributed by atoms with van der Waals surface area (Å²) in [7, 11) is -4.10. The lowest BCUT2D eigenvalue weighted by atomic mass is 10.1. The smallest absolute Gasteiger partial charge is 0.294 e. The Balaban J connectivity index is 0.000000441. The van der Waals surface area contributed by atoms with Gasteiger partial charge in [0.2, 0.25) is 0 Å². The first-order valence-electron chi connectivity index (χ1n) is 6.79. The number of allylic oxidation sites excluding steroid dienone is 1. The minimum absolute atomic E-state index is 0.0464. The average molecular weight is 299 g/mol. The zero-order chi connectivity index (χ0) is 15.6. The van der Waals surface area contributed by atoms with Crippen LogP contribution in [0, 0.1) is 0 Å². The van der Waals surface area contributed by atoms with Gasteiger partial charge >= 0.3 is 0 Å². The molecule has 0 heterocycles. The van der Waals surface area contributed by atoms with E-state index in [1.165, 1.54) is 25.7 Å². The Hall–Kier alpha value is -1.17. The third-order valence-electron chi connectivity index (χ3n) is 2.96. The van der Waals surface area contributed by atoms with Crippen molar-refractivity contribution in [2.45, 2.75) is 32.1 Å². The molecule has 1 aromatic carbocycles. The predicted molar refractivity (Wildman–Crippen MR) is 83.6 cm³/mol. The second kappa shape index (κ2) is 9.69. The summed E-state index contributed by atoms with van der Waals surface area (Å²) >= 11 is 0. The summed E-state index contributed by atoms with van der Waals surface area (Å²) in [6, 6.07) is 6.29. The highest BCUT2D eigenvalue weighted by atomic mass is 32.2. The lowest BCUT2D eigenvalue weighted by Gasteiger charge is -2.13. The van der Waals surface area contributed by atoms with Gasteiger partial charge < -0.3 is 4.90 Å². The van der Waals surface area contributed by atoms with Crippen LogP contribution < -0.4 is 0 Å². The molecular formula is C15H25NO3S. The van der Waals surface area contributed by atoms with Crippen LogP contribution in [-0.4, -0.2) is 37.5 Å². The van der Waals surface area contributed by atoms with Gasteiger partial charge in [-0.2, -0.15) is 8.42 Å². The van der Waals surface area contributed by atoms with Crippen molar-refractivity contribution in [3.63, 3.8) is 0 Å². The summed E-state index contributed by atoms with van der Waals surface area (Å²) in [6.07, 6.45) is 2.01. The summed E-state index contributed by atoms with van der Waals surface area (Å²) in [5.41, 5.74) is 0.556. The third kappa shape index (κ3) is 6.84. The van der Waals surface area contributed by atoms with Gasteiger partial charge in [-0.3, -0.25) is 4.55 Å². The monoisotopic (exact) mass is 299 g/mol. The van der Waals surface area contributed by atoms with Gasteiger partial charge in [0, 0.05) is 0 Å². The summed E-state index contributed by atoms with van der Waals surface area (Å²) < 4.78 is 30.5. The molecule has 0 aliphatic heterocycles. The molecule has 114 valence electrons. The highest BCUT2D eigenvalue weighted by Crippen LogP contribution is 2.15. The molecule has 0 saturated carbocycles. The first-order chi connectivity index (χ1) is 9.40. The average Bonchev–Trinajstić information content (AvgIpc) is 2.41. The van der Waals surface area contributed by atoms with Crippen molar-refractivity contribution in [2.24, 2.45) is 0 Å². The lowest BCUT2D eigenvalue weighted by Crippen LogP contribution is -2.21. The molecule has 1 aromatic rings. The Morgan fingerprint density at radius 1 is 1.15 bits per heavy atom. The van der Waals surface area contributed by atoms with Gasteiger partial charge in [-0.1, -0.05) is 45.0 Å². The molecule has 20 heavy (non-hydrogen) atoms. The SMILES string of the molecule is C=CCc1ccccc1S(=O)(=O)O.CCN(CC)CC. The summed E-state index contributed by atoms with van der Waals surface area (Å²) in [4.78, 5) is 2.33. The van der Waals surface area contributed by atoms with Crippen LogP contribution in [0.5, 0.6) is 0 Å². The van der Waals surface area contributed by atoms with Gasteiger partial charge in [0.1, 0.15) is 0 Å². The molecule has 0 aliphatic rings. The molecule has 0 saturated heterocycles. The second-order valence-corrected chi connectivity index (χ2v) is 5.59. The zero-order valence-corrected chi connectivity index (χ0v) is 13.4. The fourth-order valence-corrected chi connectivity index (χ4v) is 2.48. The normalized spacial score (nSPS) is 10.8. The van der Waals surface area contributed by atoms with Crippen LogP contribution in [0.15, 0.2) is 41.8 Å². The van der Waals surface area contributed by atoms with Crippen molar-refractivity contribution in [2.75, 3.05) is 19.6 Å². The summed E-state index contributed by atoms with van der Waals surface area (Å²) in [5.74, 6) is 0. The Morgan fingerprint density at radius 3 is 2.00 bits per heavy atom. The van der Waals surface area contributed by atoms with Crippen LogP contribution in [0.25, 0.3) is 0 Å². The maximum absolute atomic E-state index is 10.8. The second-order valence-electron chi connectivity index (χ2n) is 4.20. The number of hydrogen-bond donors (Lipinski definition) is 1. The van der Waals surface area contributed by atoms with Crippen LogP contribution in [0.1, 0.15) is 26.3 Å². The van der Waals surface area contributed by atoms with Crippen molar-refractivity contribution in [1.82, 2.24) is 4.90 Å². The van der Waals surface area contributed by atoms with E-state index in [2.05, 4.69) is 32.3 Å². The van der Waals surface area contributed by atoms with E-state index in [-0.39, 0.29) is 4.90 Å². The van der Waals surface area contributed by atoms with E-state index >= 15 is 0 Å². The highest BCUT2D eigenvalue weighted by Gasteiger charge is 2.12. The van der Waals surface area contributed by atoms with E-state index < -0.39 is 10.1 Å². The lowest BCUT2D eigenvalue weighted by molar-refractivity contribution is 0.321. The molecule has 4 nitrogen and oxygen atoms in total. The van der Waals surface area contributed by atoms with Gasteiger partial charge in [0.15, 0.2) is 0 Å². The Kier molecular flexibility index (Phi) is 9.12. The van der Waals surface area contributed by atoms with Crippen LogP contribution in [0.4, 0.5) is 0 Å². The third-order valence-corrected chi connectivity index (χ3v) is 3.91. The predicted octanol–water partition coefficient (Wildman–Crippen LogP) is 3.01. The van der Waals surface area contributed by atoms with Crippen molar-refractivity contribution in [3.8, 4) is 0 Å². The molecule has 0 atom stereocenters. The number of hydrogen-bond acceptors (Lipinski definition) is 3. The number of rotatable bonds is 6. The van der Waals surface area contributed by atoms with E-state index in [4.69, 9.17) is 4.55 Å². The van der Waals surface area contributed by atoms with E-state index in [1.807, 2.05) is 0 Å². The number of nitrogens with zero attached hydrogens (tertiary/aromatic N) is 1. The van der Waals surface area contributed by atoms with Crippen LogP contribution in [0.2, 0.25) is 0 Å². The molecule has 5 heteroatoms. The highest BCUT2D eigenvalue weighted by molar-refractivity contribution is 7.85. The summed E-state index contributed by atoms with van der Waals surface area (Å²) in [6.45, 7) is 13.6. The van der Waals surface area contributed by atoms with Crippen LogP contribution in [0.3, 0.4) is 0 Å². The molecule has 0 unspecified atom stereocenters. The Morgan fingerprint density at radius 2 is 1.65 bits per heavy atom. The van der Waals surface area contributed by atoms with Crippen molar-refractivity contribution >= 4 is 10.1 Å². The van der Waals surface area contributed by atoms with Crippen LogP contribution >= 0.6 is 0 Å². The zero-order valence-electron chi connectivity index (χ0n) is 12.5. The first-order valence-corrected chi connectivity index (χ1v) is 8.23. The first kappa shape index (κ1) is 18.8. The molecular weight excluding hydrogens is 274 g/mol. The van der Waals surface area contributed by atoms with Gasteiger partial charge in [0.25, 0.3) is 10.1 Å².